The van der Waals surface area contributed by atoms with E-state index in [-0.39, 0.29) is 22.9 Å². The molecule has 108 valence electrons. The number of aliphatic hydroxyl groups is 3. The fourth-order valence-corrected chi connectivity index (χ4v) is 2.29. The van der Waals surface area contributed by atoms with Crippen LogP contribution in [0.5, 0.6) is 0 Å². The van der Waals surface area contributed by atoms with Crippen molar-refractivity contribution in [3.8, 4) is 0 Å². The summed E-state index contributed by atoms with van der Waals surface area (Å²) in [5.41, 5.74) is 12.0. The number of hydrogen-bond acceptors (Lipinski definition) is 9. The quantitative estimate of drug-likeness (QED) is 0.403. The van der Waals surface area contributed by atoms with Gasteiger partial charge in [0.2, 0.25) is 5.95 Å². The summed E-state index contributed by atoms with van der Waals surface area (Å²) in [6, 6.07) is 0. The highest BCUT2D eigenvalue weighted by atomic mass is 16.6. The third-order valence-corrected chi connectivity index (χ3v) is 3.30. The summed E-state index contributed by atoms with van der Waals surface area (Å²) >= 11 is 0. The summed E-state index contributed by atoms with van der Waals surface area (Å²) in [6.45, 7) is -0.432. The molecular weight excluding hydrogens is 268 g/mol. The van der Waals surface area contributed by atoms with E-state index in [1.807, 2.05) is 0 Å². The third-order valence-electron chi connectivity index (χ3n) is 3.30. The molecule has 0 bridgehead atoms. The average Bonchev–Trinajstić information content (AvgIpc) is 2.90. The van der Waals surface area contributed by atoms with Crippen molar-refractivity contribution < 1.29 is 20.1 Å². The monoisotopic (exact) mass is 282 g/mol. The molecule has 0 aromatic carbocycles. The first-order valence-corrected chi connectivity index (χ1v) is 5.91. The van der Waals surface area contributed by atoms with E-state index in [1.165, 1.54) is 10.9 Å². The zero-order chi connectivity index (χ0) is 14.4. The minimum absolute atomic E-state index is 0.0158. The number of hydrogen-bond donors (Lipinski definition) is 5. The second-order valence-electron chi connectivity index (χ2n) is 4.50. The SMILES string of the molecule is Nc1ncnc2c1nc(N)n2[C@@H]1O[C@H](CO)C(O)C1O. The normalized spacial score (nSPS) is 30.1. The Bertz CT molecular complexity index is 646. The molecule has 3 heterocycles. The standard InChI is InChI=1S/C10H14N6O4/c11-7-4-8(14-2-13-7)16(10(12)15-4)9-6(19)5(18)3(1-17)20-9/h2-3,5-6,9,17-19H,1H2,(H2,12,15)(H2,11,13,14)/t3-,5?,6?,9-/m1/s1. The van der Waals surface area contributed by atoms with Gasteiger partial charge in [0.25, 0.3) is 0 Å². The van der Waals surface area contributed by atoms with Crippen molar-refractivity contribution in [3.05, 3.63) is 6.33 Å². The van der Waals surface area contributed by atoms with Gasteiger partial charge in [0, 0.05) is 0 Å². The van der Waals surface area contributed by atoms with Gasteiger partial charge in [-0.05, 0) is 0 Å². The van der Waals surface area contributed by atoms with Gasteiger partial charge in [-0.15, -0.1) is 0 Å². The topological polar surface area (TPSA) is 166 Å². The van der Waals surface area contributed by atoms with Crippen molar-refractivity contribution in [2.24, 2.45) is 0 Å². The van der Waals surface area contributed by atoms with Crippen LogP contribution < -0.4 is 11.5 Å². The number of rotatable bonds is 2. The van der Waals surface area contributed by atoms with Crippen molar-refractivity contribution in [1.29, 1.82) is 0 Å². The second kappa shape index (κ2) is 4.52. The van der Waals surface area contributed by atoms with E-state index in [4.69, 9.17) is 21.3 Å². The van der Waals surface area contributed by atoms with Crippen LogP contribution in [-0.4, -0.2) is 59.8 Å². The van der Waals surface area contributed by atoms with Crippen LogP contribution in [0.15, 0.2) is 6.33 Å². The molecule has 20 heavy (non-hydrogen) atoms. The Morgan fingerprint density at radius 2 is 2.00 bits per heavy atom. The molecule has 0 aliphatic carbocycles. The molecule has 0 amide bonds. The van der Waals surface area contributed by atoms with Crippen LogP contribution in [0, 0.1) is 0 Å². The van der Waals surface area contributed by atoms with Crippen LogP contribution in [0.3, 0.4) is 0 Å². The zero-order valence-electron chi connectivity index (χ0n) is 10.3. The molecule has 10 heteroatoms. The minimum atomic E-state index is -1.27. The van der Waals surface area contributed by atoms with E-state index >= 15 is 0 Å². The minimum Gasteiger partial charge on any atom is -0.394 e. The lowest BCUT2D eigenvalue weighted by Crippen LogP contribution is -2.33. The summed E-state index contributed by atoms with van der Waals surface area (Å²) in [4.78, 5) is 11.8. The smallest absolute Gasteiger partial charge is 0.204 e. The lowest BCUT2D eigenvalue weighted by Gasteiger charge is -2.17. The number of anilines is 2. The first-order chi connectivity index (χ1) is 9.54. The van der Waals surface area contributed by atoms with E-state index in [9.17, 15) is 10.2 Å². The maximum atomic E-state index is 10.0. The van der Waals surface area contributed by atoms with Crippen LogP contribution in [-0.2, 0) is 4.74 Å². The lowest BCUT2D eigenvalue weighted by molar-refractivity contribution is -0.0500. The lowest BCUT2D eigenvalue weighted by atomic mass is 10.1. The molecular formula is C10H14N6O4. The highest BCUT2D eigenvalue weighted by Gasteiger charge is 2.44. The van der Waals surface area contributed by atoms with E-state index in [1.54, 1.807) is 0 Å². The number of aliphatic hydroxyl groups excluding tert-OH is 3. The van der Waals surface area contributed by atoms with Crippen molar-refractivity contribution >= 4 is 22.9 Å². The Morgan fingerprint density at radius 3 is 2.65 bits per heavy atom. The molecule has 7 N–H and O–H groups in total. The van der Waals surface area contributed by atoms with Gasteiger partial charge < -0.3 is 31.5 Å². The van der Waals surface area contributed by atoms with Gasteiger partial charge >= 0.3 is 0 Å². The summed E-state index contributed by atoms with van der Waals surface area (Å²) in [5, 5.41) is 28.9. The van der Waals surface area contributed by atoms with Crippen LogP contribution >= 0.6 is 0 Å². The molecule has 1 fully saturated rings. The molecule has 0 radical (unpaired) electrons. The molecule has 3 rings (SSSR count). The molecule has 4 atom stereocenters. The van der Waals surface area contributed by atoms with Crippen LogP contribution in [0.4, 0.5) is 11.8 Å². The molecule has 0 saturated carbocycles. The van der Waals surface area contributed by atoms with Crippen LogP contribution in [0.25, 0.3) is 11.2 Å². The fourth-order valence-electron chi connectivity index (χ4n) is 2.29. The summed E-state index contributed by atoms with van der Waals surface area (Å²) in [7, 11) is 0. The zero-order valence-corrected chi connectivity index (χ0v) is 10.3. The number of nitrogens with two attached hydrogens (primary N) is 2. The van der Waals surface area contributed by atoms with Crippen LogP contribution in [0.1, 0.15) is 6.23 Å². The van der Waals surface area contributed by atoms with Gasteiger partial charge in [-0.2, -0.15) is 0 Å². The third kappa shape index (κ3) is 1.70. The number of imidazole rings is 1. The average molecular weight is 282 g/mol. The number of aromatic nitrogens is 4. The number of fused-ring (bicyclic) bond motifs is 1. The molecule has 0 spiro atoms. The Morgan fingerprint density at radius 1 is 1.25 bits per heavy atom. The van der Waals surface area contributed by atoms with Gasteiger partial charge in [-0.25, -0.2) is 15.0 Å². The number of nitrogens with zero attached hydrogens (tertiary/aromatic N) is 4. The Balaban J connectivity index is 2.11. The predicted molar refractivity (Wildman–Crippen MR) is 67.2 cm³/mol. The second-order valence-corrected chi connectivity index (χ2v) is 4.50. The van der Waals surface area contributed by atoms with E-state index < -0.39 is 31.1 Å². The van der Waals surface area contributed by atoms with E-state index in [2.05, 4.69) is 15.0 Å². The predicted octanol–water partition coefficient (Wildman–Crippen LogP) is -2.40. The summed E-state index contributed by atoms with van der Waals surface area (Å²) < 4.78 is 6.72. The van der Waals surface area contributed by atoms with Gasteiger partial charge in [0.05, 0.1) is 6.61 Å². The summed E-state index contributed by atoms with van der Waals surface area (Å²) in [6.07, 6.45) is -3.20. The van der Waals surface area contributed by atoms with Gasteiger partial charge in [0.15, 0.2) is 23.2 Å². The maximum absolute atomic E-state index is 10.0. The first-order valence-electron chi connectivity index (χ1n) is 5.91. The number of nitrogen functional groups attached to an aromatic ring is 2. The van der Waals surface area contributed by atoms with E-state index in [0.29, 0.717) is 0 Å². The van der Waals surface area contributed by atoms with Crippen molar-refractivity contribution in [3.63, 3.8) is 0 Å². The van der Waals surface area contributed by atoms with Crippen LogP contribution in [0.2, 0.25) is 0 Å². The highest BCUT2D eigenvalue weighted by Crippen LogP contribution is 2.33. The summed E-state index contributed by atoms with van der Waals surface area (Å²) in [5.74, 6) is 0.161. The maximum Gasteiger partial charge on any atom is 0.204 e. The highest BCUT2D eigenvalue weighted by molar-refractivity contribution is 5.83. The van der Waals surface area contributed by atoms with Gasteiger partial charge in [-0.1, -0.05) is 0 Å². The molecule has 10 nitrogen and oxygen atoms in total. The first kappa shape index (κ1) is 13.0. The van der Waals surface area contributed by atoms with Crippen molar-refractivity contribution in [2.75, 3.05) is 18.1 Å². The largest absolute Gasteiger partial charge is 0.394 e. The van der Waals surface area contributed by atoms with Crippen molar-refractivity contribution in [1.82, 2.24) is 19.5 Å². The molecule has 1 aliphatic rings. The molecule has 1 aliphatic heterocycles. The molecule has 2 aromatic heterocycles. The van der Waals surface area contributed by atoms with E-state index in [0.717, 1.165) is 0 Å². The fraction of sp³-hybridized carbons (Fsp3) is 0.500. The molecule has 2 unspecified atom stereocenters. The Labute approximate surface area is 112 Å². The number of ether oxygens (including phenoxy) is 1. The van der Waals surface area contributed by atoms with Gasteiger partial charge in [0.1, 0.15) is 24.6 Å². The Kier molecular flexibility index (Phi) is 2.94. The van der Waals surface area contributed by atoms with Crippen molar-refractivity contribution in [2.45, 2.75) is 24.5 Å². The molecule has 2 aromatic rings. The van der Waals surface area contributed by atoms with Gasteiger partial charge in [-0.3, -0.25) is 4.57 Å². The Hall–Kier alpha value is -2.01. The molecule has 1 saturated heterocycles.